The second-order valence-corrected chi connectivity index (χ2v) is 11.0. The Morgan fingerprint density at radius 2 is 1.74 bits per heavy atom. The van der Waals surface area contributed by atoms with Gasteiger partial charge >= 0.3 is 0 Å². The summed E-state index contributed by atoms with van der Waals surface area (Å²) in [5.41, 5.74) is 5.39. The van der Waals surface area contributed by atoms with Crippen LogP contribution < -0.4 is 20.9 Å². The van der Waals surface area contributed by atoms with Crippen LogP contribution >= 0.6 is 0 Å². The van der Waals surface area contributed by atoms with E-state index in [2.05, 4.69) is 17.2 Å². The quantitative estimate of drug-likeness (QED) is 0.259. The third-order valence-electron chi connectivity index (χ3n) is 7.93. The Morgan fingerprint density at radius 1 is 0.978 bits per heavy atom. The lowest BCUT2D eigenvalue weighted by Crippen LogP contribution is -2.41. The average molecular weight is 621 g/mol. The largest absolute Gasteiger partial charge is 0.497 e. The number of anilines is 2. The van der Waals surface area contributed by atoms with Crippen molar-refractivity contribution in [3.8, 4) is 16.9 Å². The van der Waals surface area contributed by atoms with Crippen molar-refractivity contribution < 1.29 is 23.9 Å². The molecule has 1 aromatic heterocycles. The molecular weight excluding hydrogens is 584 g/mol. The van der Waals surface area contributed by atoms with Gasteiger partial charge in [0, 0.05) is 49.6 Å². The molecule has 10 nitrogen and oxygen atoms in total. The second kappa shape index (κ2) is 14.1. The van der Waals surface area contributed by atoms with Gasteiger partial charge in [-0.3, -0.25) is 19.2 Å². The maximum atomic E-state index is 13.3. The molecule has 3 amide bonds. The number of carbonyl (C=O) groups excluding carboxylic acids is 3. The van der Waals surface area contributed by atoms with Crippen molar-refractivity contribution in [2.75, 3.05) is 44.0 Å². The first-order valence-electron chi connectivity index (χ1n) is 14.9. The zero-order chi connectivity index (χ0) is 32.8. The van der Waals surface area contributed by atoms with Crippen LogP contribution in [0.2, 0.25) is 0 Å². The van der Waals surface area contributed by atoms with Crippen molar-refractivity contribution in [3.63, 3.8) is 0 Å². The van der Waals surface area contributed by atoms with Crippen molar-refractivity contribution in [1.29, 1.82) is 0 Å². The van der Waals surface area contributed by atoms with E-state index in [1.807, 2.05) is 31.2 Å². The van der Waals surface area contributed by atoms with E-state index in [4.69, 9.17) is 9.47 Å². The molecule has 1 aliphatic rings. The number of rotatable bonds is 9. The zero-order valence-electron chi connectivity index (χ0n) is 26.1. The molecule has 0 aliphatic carbocycles. The maximum Gasteiger partial charge on any atom is 0.256 e. The van der Waals surface area contributed by atoms with Gasteiger partial charge in [0.2, 0.25) is 5.91 Å². The highest BCUT2D eigenvalue weighted by molar-refractivity contribution is 6.07. The number of nitrogens with zero attached hydrogens (tertiary/aromatic N) is 2. The highest BCUT2D eigenvalue weighted by atomic mass is 16.5. The molecule has 0 unspecified atom stereocenters. The molecule has 0 saturated carbocycles. The number of methoxy groups -OCH3 is 1. The third kappa shape index (κ3) is 7.08. The molecule has 1 aliphatic heterocycles. The summed E-state index contributed by atoms with van der Waals surface area (Å²) >= 11 is 0. The number of carbonyl (C=O) groups is 3. The Labute approximate surface area is 267 Å². The Morgan fingerprint density at radius 3 is 2.48 bits per heavy atom. The predicted molar refractivity (Wildman–Crippen MR) is 178 cm³/mol. The fourth-order valence-corrected chi connectivity index (χ4v) is 5.43. The monoisotopic (exact) mass is 620 g/mol. The topological polar surface area (TPSA) is 119 Å². The SMILES string of the molecule is C=CC(=O)Nc1cc(Cc2cc(-c3cccc(NC(=O)c4cccc(OC)c4)c3C)cn(C)c2=O)ccc1C(=O)N1CCOCC1. The van der Waals surface area contributed by atoms with E-state index in [0.29, 0.717) is 60.1 Å². The first kappa shape index (κ1) is 31.9. The first-order chi connectivity index (χ1) is 22.2. The Kier molecular flexibility index (Phi) is 9.78. The Hall–Kier alpha value is -5.48. The molecule has 2 heterocycles. The van der Waals surface area contributed by atoms with Gasteiger partial charge in [0.15, 0.2) is 0 Å². The van der Waals surface area contributed by atoms with Crippen LogP contribution in [0.4, 0.5) is 11.4 Å². The van der Waals surface area contributed by atoms with Crippen LogP contribution in [-0.2, 0) is 23.0 Å². The molecule has 3 aromatic carbocycles. The zero-order valence-corrected chi connectivity index (χ0v) is 26.1. The lowest BCUT2D eigenvalue weighted by atomic mass is 9.96. The summed E-state index contributed by atoms with van der Waals surface area (Å²) in [4.78, 5) is 53.6. The average Bonchev–Trinajstić information content (AvgIpc) is 3.07. The molecule has 1 fully saturated rings. The van der Waals surface area contributed by atoms with Crippen LogP contribution in [0.1, 0.15) is 37.4 Å². The third-order valence-corrected chi connectivity index (χ3v) is 7.93. The molecule has 46 heavy (non-hydrogen) atoms. The summed E-state index contributed by atoms with van der Waals surface area (Å²) in [5, 5.41) is 5.75. The van der Waals surface area contributed by atoms with Gasteiger partial charge in [-0.05, 0) is 77.7 Å². The molecule has 236 valence electrons. The van der Waals surface area contributed by atoms with Crippen LogP contribution in [0.25, 0.3) is 11.1 Å². The summed E-state index contributed by atoms with van der Waals surface area (Å²) in [6.07, 6.45) is 3.17. The number of benzene rings is 3. The van der Waals surface area contributed by atoms with Crippen LogP contribution in [0.15, 0.2) is 90.4 Å². The number of aryl methyl sites for hydroxylation is 1. The Bertz CT molecular complexity index is 1870. The highest BCUT2D eigenvalue weighted by Crippen LogP contribution is 2.30. The van der Waals surface area contributed by atoms with Gasteiger partial charge in [0.1, 0.15) is 5.75 Å². The summed E-state index contributed by atoms with van der Waals surface area (Å²) in [6.45, 7) is 7.27. The maximum absolute atomic E-state index is 13.3. The van der Waals surface area contributed by atoms with E-state index in [9.17, 15) is 19.2 Å². The summed E-state index contributed by atoms with van der Waals surface area (Å²) < 4.78 is 12.2. The van der Waals surface area contributed by atoms with Crippen LogP contribution in [0.5, 0.6) is 5.75 Å². The van der Waals surface area contributed by atoms with Crippen molar-refractivity contribution >= 4 is 29.1 Å². The molecule has 0 radical (unpaired) electrons. The number of morpholine rings is 1. The fraction of sp³-hybridized carbons (Fsp3) is 0.222. The minimum atomic E-state index is -0.445. The molecule has 0 bridgehead atoms. The first-order valence-corrected chi connectivity index (χ1v) is 14.9. The van der Waals surface area contributed by atoms with Gasteiger partial charge in [0.25, 0.3) is 17.4 Å². The molecule has 0 spiro atoms. The lowest BCUT2D eigenvalue weighted by Gasteiger charge is -2.27. The number of pyridine rings is 1. The van der Waals surface area contributed by atoms with Gasteiger partial charge in [-0.2, -0.15) is 0 Å². The molecule has 4 aromatic rings. The molecule has 2 N–H and O–H groups in total. The number of amides is 3. The molecule has 10 heteroatoms. The normalized spacial score (nSPS) is 12.7. The molecule has 0 atom stereocenters. The number of hydrogen-bond acceptors (Lipinski definition) is 6. The van der Waals surface area contributed by atoms with Gasteiger partial charge in [-0.25, -0.2) is 0 Å². The van der Waals surface area contributed by atoms with E-state index in [1.165, 1.54) is 4.57 Å². The minimum absolute atomic E-state index is 0.172. The van der Waals surface area contributed by atoms with Crippen LogP contribution in [0, 0.1) is 6.92 Å². The van der Waals surface area contributed by atoms with Gasteiger partial charge < -0.3 is 29.6 Å². The van der Waals surface area contributed by atoms with E-state index in [1.54, 1.807) is 67.7 Å². The van der Waals surface area contributed by atoms with Gasteiger partial charge in [-0.15, -0.1) is 0 Å². The molecule has 5 rings (SSSR count). The highest BCUT2D eigenvalue weighted by Gasteiger charge is 2.22. The lowest BCUT2D eigenvalue weighted by molar-refractivity contribution is -0.111. The van der Waals surface area contributed by atoms with Crippen molar-refractivity contribution in [3.05, 3.63) is 124 Å². The van der Waals surface area contributed by atoms with Crippen molar-refractivity contribution in [2.45, 2.75) is 13.3 Å². The minimum Gasteiger partial charge on any atom is -0.497 e. The van der Waals surface area contributed by atoms with Gasteiger partial charge in [-0.1, -0.05) is 30.8 Å². The number of nitrogens with one attached hydrogen (secondary N) is 2. The van der Waals surface area contributed by atoms with E-state index in [0.717, 1.165) is 28.3 Å². The van der Waals surface area contributed by atoms with Crippen molar-refractivity contribution in [1.82, 2.24) is 9.47 Å². The predicted octanol–water partition coefficient (Wildman–Crippen LogP) is 4.81. The Balaban J connectivity index is 1.45. The smallest absolute Gasteiger partial charge is 0.256 e. The number of aromatic nitrogens is 1. The number of ether oxygens (including phenoxy) is 2. The van der Waals surface area contributed by atoms with Crippen LogP contribution in [-0.4, -0.2) is 60.6 Å². The number of hydrogen-bond donors (Lipinski definition) is 2. The van der Waals surface area contributed by atoms with E-state index >= 15 is 0 Å². The molecule has 1 saturated heterocycles. The fourth-order valence-electron chi connectivity index (χ4n) is 5.43. The molecular formula is C36H36N4O6. The van der Waals surface area contributed by atoms with Crippen molar-refractivity contribution in [2.24, 2.45) is 7.05 Å². The second-order valence-electron chi connectivity index (χ2n) is 11.0. The van der Waals surface area contributed by atoms with Crippen LogP contribution in [0.3, 0.4) is 0 Å². The summed E-state index contributed by atoms with van der Waals surface area (Å²) in [7, 11) is 3.24. The van der Waals surface area contributed by atoms with Gasteiger partial charge in [0.05, 0.1) is 31.6 Å². The summed E-state index contributed by atoms with van der Waals surface area (Å²) in [5.74, 6) is -0.333. The van der Waals surface area contributed by atoms with E-state index < -0.39 is 5.91 Å². The summed E-state index contributed by atoms with van der Waals surface area (Å²) in [6, 6.07) is 19.6. The standard InChI is InChI=1S/C36H36N4O6/c1-5-33(41)37-32-19-24(12-13-30(32)36(44)40-14-16-46-17-15-40)18-26-20-27(22-39(3)35(26)43)29-10-7-11-31(23(29)2)38-34(42)25-8-6-9-28(21-25)45-4/h5-13,19-22H,1,14-18H2,2-4H3,(H,37,41)(H,38,42). The van der Waals surface area contributed by atoms with E-state index in [-0.39, 0.29) is 23.8 Å².